The zero-order valence-corrected chi connectivity index (χ0v) is 21.6. The van der Waals surface area contributed by atoms with E-state index in [4.69, 9.17) is 17.3 Å². The molecule has 4 rings (SSSR count). The van der Waals surface area contributed by atoms with Crippen molar-refractivity contribution in [2.45, 2.75) is 36.7 Å². The third kappa shape index (κ3) is 5.44. The van der Waals surface area contributed by atoms with Gasteiger partial charge in [-0.1, -0.05) is 11.6 Å². The van der Waals surface area contributed by atoms with Crippen LogP contribution >= 0.6 is 34.3 Å². The number of halogens is 1. The molecule has 180 valence electrons. The van der Waals surface area contributed by atoms with Gasteiger partial charge in [0.15, 0.2) is 9.84 Å². The van der Waals surface area contributed by atoms with Crippen LogP contribution in [0.1, 0.15) is 36.2 Å². The molecule has 1 fully saturated rings. The first kappa shape index (κ1) is 24.6. The van der Waals surface area contributed by atoms with Crippen LogP contribution in [-0.2, 0) is 22.7 Å². The third-order valence-electron chi connectivity index (χ3n) is 6.20. The highest BCUT2D eigenvalue weighted by atomic mass is 35.5. The summed E-state index contributed by atoms with van der Waals surface area (Å²) in [6.45, 7) is 2.07. The summed E-state index contributed by atoms with van der Waals surface area (Å²) in [6, 6.07) is 4.08. The average Bonchev–Trinajstić information content (AvgIpc) is 3.45. The molecule has 2 aliphatic rings. The molecule has 2 aromatic rings. The molecule has 0 saturated carbocycles. The number of nitrogens with zero attached hydrogens (tertiary/aromatic N) is 2. The monoisotopic (exact) mass is 530 g/mol. The van der Waals surface area contributed by atoms with Crippen molar-refractivity contribution in [3.63, 3.8) is 0 Å². The standard InChI is InChI=1S/C21H27ClN4O4S3/c1-25-7-5-12-9-17(31-15(12)6-8-25)21(28)26-11-13(10-14(26)19(23)33(2,29)30)24-20(27)16-3-4-18(22)32-16/h3-4,9,13-14,19H,5-8,10-11,23H2,1-2H3,(H,24,27). The molecule has 2 aromatic heterocycles. The van der Waals surface area contributed by atoms with E-state index >= 15 is 0 Å². The van der Waals surface area contributed by atoms with Gasteiger partial charge >= 0.3 is 0 Å². The Morgan fingerprint density at radius 2 is 1.94 bits per heavy atom. The van der Waals surface area contributed by atoms with E-state index < -0.39 is 27.3 Å². The zero-order chi connectivity index (χ0) is 23.9. The molecule has 8 nitrogen and oxygen atoms in total. The van der Waals surface area contributed by atoms with Crippen molar-refractivity contribution in [1.29, 1.82) is 0 Å². The second-order valence-electron chi connectivity index (χ2n) is 8.69. The number of carbonyl (C=O) groups is 2. The molecule has 0 aromatic carbocycles. The minimum Gasteiger partial charge on any atom is -0.347 e. The number of likely N-dealkylation sites (tertiary alicyclic amines) is 1. The van der Waals surface area contributed by atoms with Gasteiger partial charge in [-0.3, -0.25) is 9.59 Å². The highest BCUT2D eigenvalue weighted by Gasteiger charge is 2.43. The smallest absolute Gasteiger partial charge is 0.264 e. The summed E-state index contributed by atoms with van der Waals surface area (Å²) in [6.07, 6.45) is 3.10. The van der Waals surface area contributed by atoms with E-state index in [0.717, 1.165) is 43.5 Å². The Balaban J connectivity index is 1.55. The summed E-state index contributed by atoms with van der Waals surface area (Å²) in [4.78, 5) is 32.2. The average molecular weight is 531 g/mol. The quantitative estimate of drug-likeness (QED) is 0.610. The van der Waals surface area contributed by atoms with Crippen molar-refractivity contribution in [2.75, 3.05) is 32.9 Å². The summed E-state index contributed by atoms with van der Waals surface area (Å²) in [7, 11) is -1.51. The van der Waals surface area contributed by atoms with E-state index in [1.807, 2.05) is 6.07 Å². The first-order valence-corrected chi connectivity index (χ1v) is 14.6. The van der Waals surface area contributed by atoms with E-state index in [0.29, 0.717) is 14.1 Å². The fourth-order valence-corrected chi connectivity index (χ4v) is 7.28. The molecule has 3 unspecified atom stereocenters. The summed E-state index contributed by atoms with van der Waals surface area (Å²) in [5.74, 6) is -0.536. The number of thiophene rings is 2. The fraction of sp³-hybridized carbons (Fsp3) is 0.524. The van der Waals surface area contributed by atoms with Crippen molar-refractivity contribution >= 4 is 55.9 Å². The predicted molar refractivity (Wildman–Crippen MR) is 132 cm³/mol. The molecule has 2 aliphatic heterocycles. The third-order valence-corrected chi connectivity index (χ3v) is 9.96. The second-order valence-corrected chi connectivity index (χ2v) is 13.7. The van der Waals surface area contributed by atoms with Gasteiger partial charge in [0.25, 0.3) is 11.8 Å². The van der Waals surface area contributed by atoms with Crippen LogP contribution in [-0.4, -0.2) is 80.4 Å². The lowest BCUT2D eigenvalue weighted by atomic mass is 10.1. The van der Waals surface area contributed by atoms with Crippen molar-refractivity contribution in [2.24, 2.45) is 5.73 Å². The number of rotatable bonds is 5. The van der Waals surface area contributed by atoms with Crippen LogP contribution in [0, 0.1) is 0 Å². The highest BCUT2D eigenvalue weighted by molar-refractivity contribution is 7.91. The predicted octanol–water partition coefficient (Wildman–Crippen LogP) is 1.84. The molecule has 4 heterocycles. The molecule has 3 N–H and O–H groups in total. The number of hydrogen-bond acceptors (Lipinski definition) is 8. The topological polar surface area (TPSA) is 113 Å². The normalized spacial score (nSPS) is 22.6. The molecule has 12 heteroatoms. The Hall–Kier alpha value is -1.50. The van der Waals surface area contributed by atoms with E-state index in [1.54, 1.807) is 12.1 Å². The maximum atomic E-state index is 13.5. The van der Waals surface area contributed by atoms with Crippen molar-refractivity contribution in [3.8, 4) is 0 Å². The lowest BCUT2D eigenvalue weighted by Gasteiger charge is -2.27. The van der Waals surface area contributed by atoms with Gasteiger partial charge in [0, 0.05) is 36.8 Å². The van der Waals surface area contributed by atoms with Gasteiger partial charge in [0.1, 0.15) is 5.37 Å². The number of fused-ring (bicyclic) bond motifs is 1. The molecule has 0 aliphatic carbocycles. The van der Waals surface area contributed by atoms with E-state index in [1.165, 1.54) is 26.7 Å². The number of likely N-dealkylation sites (N-methyl/N-ethyl adjacent to an activating group) is 1. The van der Waals surface area contributed by atoms with Gasteiger partial charge in [-0.15, -0.1) is 22.7 Å². The Morgan fingerprint density at radius 1 is 1.21 bits per heavy atom. The Bertz CT molecular complexity index is 1140. The van der Waals surface area contributed by atoms with Crippen LogP contribution in [0.3, 0.4) is 0 Å². The summed E-state index contributed by atoms with van der Waals surface area (Å²) >= 11 is 8.57. The number of nitrogens with two attached hydrogens (primary N) is 1. The van der Waals surface area contributed by atoms with Gasteiger partial charge in [-0.05, 0) is 50.1 Å². The highest BCUT2D eigenvalue weighted by Crippen LogP contribution is 2.31. The van der Waals surface area contributed by atoms with Gasteiger partial charge in [-0.2, -0.15) is 0 Å². The summed E-state index contributed by atoms with van der Waals surface area (Å²) < 4.78 is 25.0. The number of amides is 2. The van der Waals surface area contributed by atoms with Gasteiger partial charge in [0.2, 0.25) is 0 Å². The van der Waals surface area contributed by atoms with Crippen LogP contribution in [0.4, 0.5) is 0 Å². The number of nitrogens with one attached hydrogen (secondary N) is 1. The van der Waals surface area contributed by atoms with Gasteiger partial charge in [-0.25, -0.2) is 8.42 Å². The lowest BCUT2D eigenvalue weighted by Crippen LogP contribution is -2.50. The number of sulfone groups is 1. The van der Waals surface area contributed by atoms with E-state index in [2.05, 4.69) is 17.3 Å². The molecule has 1 saturated heterocycles. The zero-order valence-electron chi connectivity index (χ0n) is 18.4. The Morgan fingerprint density at radius 3 is 2.61 bits per heavy atom. The van der Waals surface area contributed by atoms with Crippen LogP contribution in [0.2, 0.25) is 4.34 Å². The minimum atomic E-state index is -3.60. The van der Waals surface area contributed by atoms with E-state index in [9.17, 15) is 18.0 Å². The Labute approximate surface area is 206 Å². The van der Waals surface area contributed by atoms with Crippen LogP contribution in [0.25, 0.3) is 0 Å². The first-order valence-electron chi connectivity index (χ1n) is 10.6. The molecule has 2 amide bonds. The van der Waals surface area contributed by atoms with Crippen molar-refractivity contribution in [1.82, 2.24) is 15.1 Å². The fourth-order valence-electron chi connectivity index (χ4n) is 4.35. The van der Waals surface area contributed by atoms with Crippen molar-refractivity contribution in [3.05, 3.63) is 42.7 Å². The second kappa shape index (κ2) is 9.63. The first-order chi connectivity index (χ1) is 15.5. The molecule has 33 heavy (non-hydrogen) atoms. The van der Waals surface area contributed by atoms with Gasteiger partial charge < -0.3 is 20.9 Å². The van der Waals surface area contributed by atoms with Crippen LogP contribution in [0.15, 0.2) is 18.2 Å². The number of hydrogen-bond donors (Lipinski definition) is 2. The van der Waals surface area contributed by atoms with Gasteiger partial charge in [0.05, 0.1) is 20.1 Å². The van der Waals surface area contributed by atoms with Crippen molar-refractivity contribution < 1.29 is 18.0 Å². The molecule has 0 radical (unpaired) electrons. The molecule has 3 atom stereocenters. The lowest BCUT2D eigenvalue weighted by molar-refractivity contribution is 0.0733. The summed E-state index contributed by atoms with van der Waals surface area (Å²) in [5, 5.41) is 1.68. The van der Waals surface area contributed by atoms with E-state index in [-0.39, 0.29) is 24.8 Å². The Kier molecular flexibility index (Phi) is 7.18. The maximum absolute atomic E-state index is 13.5. The SMILES string of the molecule is CN1CCc2cc(C(=O)N3CC(NC(=O)c4ccc(Cl)s4)CC3C(N)S(C)(=O)=O)sc2CC1. The summed E-state index contributed by atoms with van der Waals surface area (Å²) in [5.41, 5.74) is 7.27. The molecule has 0 spiro atoms. The largest absolute Gasteiger partial charge is 0.347 e. The minimum absolute atomic E-state index is 0.197. The van der Waals surface area contributed by atoms with Crippen LogP contribution in [0.5, 0.6) is 0 Å². The van der Waals surface area contributed by atoms with Crippen LogP contribution < -0.4 is 11.1 Å². The molecular formula is C21H27ClN4O4S3. The molecule has 0 bridgehead atoms. The number of carbonyl (C=O) groups excluding carboxylic acids is 2. The maximum Gasteiger partial charge on any atom is 0.264 e. The molecular weight excluding hydrogens is 504 g/mol.